The second-order valence-corrected chi connectivity index (χ2v) is 5.93. The molecule has 1 atom stereocenters. The van der Waals surface area contributed by atoms with E-state index in [1.54, 1.807) is 14.2 Å². The lowest BCUT2D eigenvalue weighted by molar-refractivity contribution is 0.405. The van der Waals surface area contributed by atoms with Crippen LogP contribution in [0.4, 0.5) is 11.4 Å². The number of rotatable bonds is 3. The lowest BCUT2D eigenvalue weighted by Gasteiger charge is -2.26. The molecule has 1 heterocycles. The highest BCUT2D eigenvalue weighted by Gasteiger charge is 2.28. The highest BCUT2D eigenvalue weighted by Crippen LogP contribution is 2.34. The topological polar surface area (TPSA) is 33.7 Å². The zero-order valence-corrected chi connectivity index (χ0v) is 14.3. The van der Waals surface area contributed by atoms with E-state index in [4.69, 9.17) is 21.7 Å². The Morgan fingerprint density at radius 3 is 2.70 bits per heavy atom. The molecule has 0 spiro atoms. The van der Waals surface area contributed by atoms with Crippen LogP contribution in [-0.4, -0.2) is 25.4 Å². The van der Waals surface area contributed by atoms with Crippen molar-refractivity contribution in [3.05, 3.63) is 48.0 Å². The molecule has 0 saturated heterocycles. The first-order valence-electron chi connectivity index (χ1n) is 7.54. The summed E-state index contributed by atoms with van der Waals surface area (Å²) in [6, 6.07) is 14.3. The van der Waals surface area contributed by atoms with Crippen molar-refractivity contribution in [3.8, 4) is 11.5 Å². The first kappa shape index (κ1) is 15.6. The molecule has 3 rings (SSSR count). The van der Waals surface area contributed by atoms with Gasteiger partial charge in [0.2, 0.25) is 0 Å². The van der Waals surface area contributed by atoms with Gasteiger partial charge in [0.15, 0.2) is 5.11 Å². The molecule has 23 heavy (non-hydrogen) atoms. The summed E-state index contributed by atoms with van der Waals surface area (Å²) >= 11 is 5.65. The summed E-state index contributed by atoms with van der Waals surface area (Å²) in [5.74, 6) is 1.49. The molecule has 0 saturated carbocycles. The average Bonchev–Trinajstić information content (AvgIpc) is 2.90. The van der Waals surface area contributed by atoms with E-state index < -0.39 is 0 Å². The number of anilines is 2. The van der Waals surface area contributed by atoms with Crippen molar-refractivity contribution in [2.75, 3.05) is 24.4 Å². The number of ether oxygens (including phenoxy) is 2. The van der Waals surface area contributed by atoms with Crippen molar-refractivity contribution in [3.63, 3.8) is 0 Å². The number of hydrogen-bond donors (Lipinski definition) is 1. The number of benzene rings is 2. The number of nitrogens with zero attached hydrogens (tertiary/aromatic N) is 1. The summed E-state index contributed by atoms with van der Waals surface area (Å²) in [6.07, 6.45) is 0.993. The van der Waals surface area contributed by atoms with Crippen LogP contribution in [0.1, 0.15) is 12.5 Å². The SMILES string of the molecule is COc1ccc(OC)c(NC(=S)N2c3ccccc3C[C@H]2C)c1. The van der Waals surface area contributed by atoms with Crippen LogP contribution in [0.3, 0.4) is 0 Å². The van der Waals surface area contributed by atoms with E-state index in [9.17, 15) is 0 Å². The predicted molar refractivity (Wildman–Crippen MR) is 97.9 cm³/mol. The molecule has 0 fully saturated rings. The predicted octanol–water partition coefficient (Wildman–Crippen LogP) is 3.85. The number of thiocarbonyl (C=S) groups is 1. The van der Waals surface area contributed by atoms with Crippen molar-refractivity contribution in [2.24, 2.45) is 0 Å². The Labute approximate surface area is 142 Å². The molecule has 1 aliphatic heterocycles. The van der Waals surface area contributed by atoms with E-state index in [0.717, 1.165) is 23.6 Å². The number of fused-ring (bicyclic) bond motifs is 1. The monoisotopic (exact) mass is 328 g/mol. The third-order valence-corrected chi connectivity index (χ3v) is 4.37. The molecule has 5 heteroatoms. The Morgan fingerprint density at radius 2 is 1.96 bits per heavy atom. The van der Waals surface area contributed by atoms with Gasteiger partial charge in [-0.05, 0) is 49.3 Å². The normalized spacial score (nSPS) is 16.0. The van der Waals surface area contributed by atoms with E-state index in [0.29, 0.717) is 11.2 Å². The molecule has 0 amide bonds. The Hall–Kier alpha value is -2.27. The van der Waals surface area contributed by atoms with Gasteiger partial charge < -0.3 is 19.7 Å². The minimum absolute atomic E-state index is 0.323. The maximum atomic E-state index is 5.65. The van der Waals surface area contributed by atoms with E-state index in [1.165, 1.54) is 11.3 Å². The molecule has 1 aliphatic rings. The number of hydrogen-bond acceptors (Lipinski definition) is 3. The van der Waals surface area contributed by atoms with Gasteiger partial charge in [0.25, 0.3) is 0 Å². The van der Waals surface area contributed by atoms with Crippen LogP contribution in [0.2, 0.25) is 0 Å². The van der Waals surface area contributed by atoms with Gasteiger partial charge in [0, 0.05) is 17.8 Å². The fourth-order valence-electron chi connectivity index (χ4n) is 2.96. The third-order valence-electron chi connectivity index (χ3n) is 4.07. The van der Waals surface area contributed by atoms with Crippen LogP contribution in [0, 0.1) is 0 Å². The fraction of sp³-hybridized carbons (Fsp3) is 0.278. The maximum Gasteiger partial charge on any atom is 0.178 e. The molecule has 0 radical (unpaired) electrons. The fourth-order valence-corrected chi connectivity index (χ4v) is 3.35. The average molecular weight is 328 g/mol. The molecule has 0 aromatic heterocycles. The third kappa shape index (κ3) is 2.97. The van der Waals surface area contributed by atoms with Gasteiger partial charge in [-0.25, -0.2) is 0 Å². The van der Waals surface area contributed by atoms with Crippen LogP contribution in [-0.2, 0) is 6.42 Å². The summed E-state index contributed by atoms with van der Waals surface area (Å²) in [7, 11) is 3.28. The Bertz CT molecular complexity index is 733. The zero-order chi connectivity index (χ0) is 16.4. The van der Waals surface area contributed by atoms with Gasteiger partial charge in [0.05, 0.1) is 19.9 Å². The number of para-hydroxylation sites is 1. The minimum atomic E-state index is 0.323. The van der Waals surface area contributed by atoms with Gasteiger partial charge >= 0.3 is 0 Å². The van der Waals surface area contributed by atoms with E-state index in [1.807, 2.05) is 24.3 Å². The van der Waals surface area contributed by atoms with Gasteiger partial charge in [-0.3, -0.25) is 0 Å². The van der Waals surface area contributed by atoms with Crippen LogP contribution < -0.4 is 19.7 Å². The van der Waals surface area contributed by atoms with Gasteiger partial charge in [-0.1, -0.05) is 18.2 Å². The Kier molecular flexibility index (Phi) is 4.39. The molecular weight excluding hydrogens is 308 g/mol. The molecule has 120 valence electrons. The number of methoxy groups -OCH3 is 2. The molecule has 0 aliphatic carbocycles. The van der Waals surface area contributed by atoms with Crippen molar-refractivity contribution >= 4 is 28.7 Å². The van der Waals surface area contributed by atoms with Crippen LogP contribution in [0.15, 0.2) is 42.5 Å². The first-order chi connectivity index (χ1) is 11.1. The molecular formula is C18H20N2O2S. The lowest BCUT2D eigenvalue weighted by atomic mass is 10.1. The maximum absolute atomic E-state index is 5.65. The van der Waals surface area contributed by atoms with Gasteiger partial charge in [0.1, 0.15) is 11.5 Å². The molecule has 0 unspecified atom stereocenters. The van der Waals surface area contributed by atoms with Crippen molar-refractivity contribution in [1.29, 1.82) is 0 Å². The summed E-state index contributed by atoms with van der Waals surface area (Å²) in [5.41, 5.74) is 3.29. The number of nitrogens with one attached hydrogen (secondary N) is 1. The van der Waals surface area contributed by atoms with Crippen molar-refractivity contribution in [1.82, 2.24) is 0 Å². The molecule has 1 N–H and O–H groups in total. The molecule has 2 aromatic rings. The molecule has 4 nitrogen and oxygen atoms in total. The smallest absolute Gasteiger partial charge is 0.178 e. The zero-order valence-electron chi connectivity index (χ0n) is 13.5. The Balaban J connectivity index is 1.88. The lowest BCUT2D eigenvalue weighted by Crippen LogP contribution is -2.38. The van der Waals surface area contributed by atoms with Crippen LogP contribution in [0.25, 0.3) is 0 Å². The summed E-state index contributed by atoms with van der Waals surface area (Å²) in [4.78, 5) is 2.16. The second kappa shape index (κ2) is 6.46. The standard InChI is InChI=1S/C18H20N2O2S/c1-12-10-13-6-4-5-7-16(13)20(12)18(23)19-15-11-14(21-2)8-9-17(15)22-3/h4-9,11-12H,10H2,1-3H3,(H,19,23)/t12-/m1/s1. The van der Waals surface area contributed by atoms with E-state index in [2.05, 4.69) is 35.3 Å². The summed E-state index contributed by atoms with van der Waals surface area (Å²) in [6.45, 7) is 2.18. The minimum Gasteiger partial charge on any atom is -0.497 e. The molecule has 2 aromatic carbocycles. The Morgan fingerprint density at radius 1 is 1.17 bits per heavy atom. The summed E-state index contributed by atoms with van der Waals surface area (Å²) in [5, 5.41) is 3.96. The van der Waals surface area contributed by atoms with E-state index in [-0.39, 0.29) is 0 Å². The largest absolute Gasteiger partial charge is 0.497 e. The van der Waals surface area contributed by atoms with Crippen LogP contribution in [0.5, 0.6) is 11.5 Å². The molecule has 0 bridgehead atoms. The summed E-state index contributed by atoms with van der Waals surface area (Å²) < 4.78 is 10.7. The van der Waals surface area contributed by atoms with E-state index >= 15 is 0 Å². The van der Waals surface area contributed by atoms with Crippen LogP contribution >= 0.6 is 12.2 Å². The second-order valence-electron chi connectivity index (χ2n) is 5.55. The highest BCUT2D eigenvalue weighted by atomic mass is 32.1. The first-order valence-corrected chi connectivity index (χ1v) is 7.95. The van der Waals surface area contributed by atoms with Gasteiger partial charge in [-0.2, -0.15) is 0 Å². The van der Waals surface area contributed by atoms with Crippen molar-refractivity contribution < 1.29 is 9.47 Å². The van der Waals surface area contributed by atoms with Gasteiger partial charge in [-0.15, -0.1) is 0 Å². The highest BCUT2D eigenvalue weighted by molar-refractivity contribution is 7.80. The van der Waals surface area contributed by atoms with Crippen molar-refractivity contribution in [2.45, 2.75) is 19.4 Å². The quantitative estimate of drug-likeness (QED) is 0.866.